The second kappa shape index (κ2) is 9.25. The Morgan fingerprint density at radius 1 is 1.06 bits per heavy atom. The lowest BCUT2D eigenvalue weighted by Gasteiger charge is -2.13. The van der Waals surface area contributed by atoms with Crippen LogP contribution in [0.5, 0.6) is 17.2 Å². The molecule has 0 unspecified atom stereocenters. The molecule has 3 heterocycles. The number of furan rings is 1. The number of H-pyrrole nitrogens is 1. The molecule has 0 radical (unpaired) electrons. The Balaban J connectivity index is 1.52. The van der Waals surface area contributed by atoms with E-state index in [9.17, 15) is 4.79 Å². The van der Waals surface area contributed by atoms with Gasteiger partial charge in [0.05, 0.1) is 33.3 Å². The van der Waals surface area contributed by atoms with Gasteiger partial charge in [-0.3, -0.25) is 14.9 Å². The molecule has 0 bridgehead atoms. The van der Waals surface area contributed by atoms with E-state index in [1.54, 1.807) is 50.9 Å². The van der Waals surface area contributed by atoms with Gasteiger partial charge in [-0.1, -0.05) is 6.07 Å². The minimum absolute atomic E-state index is 0.279. The molecule has 9 heteroatoms. The van der Waals surface area contributed by atoms with Crippen molar-refractivity contribution < 1.29 is 23.4 Å². The van der Waals surface area contributed by atoms with Crippen LogP contribution in [-0.2, 0) is 6.54 Å². The van der Waals surface area contributed by atoms with Gasteiger partial charge in [0.25, 0.3) is 5.91 Å². The molecule has 164 valence electrons. The van der Waals surface area contributed by atoms with Gasteiger partial charge < -0.3 is 23.9 Å². The Kier molecular flexibility index (Phi) is 6.07. The Labute approximate surface area is 184 Å². The van der Waals surface area contributed by atoms with Crippen LogP contribution in [0.2, 0.25) is 0 Å². The quantitative estimate of drug-likeness (QED) is 0.435. The predicted octanol–water partition coefficient (Wildman–Crippen LogP) is 3.69. The first-order chi connectivity index (χ1) is 15.6. The maximum absolute atomic E-state index is 12.7. The van der Waals surface area contributed by atoms with Crippen LogP contribution in [0.15, 0.2) is 59.3 Å². The first-order valence-electron chi connectivity index (χ1n) is 9.76. The minimum Gasteiger partial charge on any atom is -0.493 e. The molecule has 0 aliphatic carbocycles. The number of nitrogens with zero attached hydrogens (tertiary/aromatic N) is 2. The number of aromatic amines is 1. The topological polar surface area (TPSA) is 112 Å². The molecule has 1 amide bonds. The minimum atomic E-state index is -0.301. The zero-order valence-corrected chi connectivity index (χ0v) is 17.8. The van der Waals surface area contributed by atoms with Gasteiger partial charge in [-0.15, -0.1) is 0 Å². The summed E-state index contributed by atoms with van der Waals surface area (Å²) >= 11 is 0. The summed E-state index contributed by atoms with van der Waals surface area (Å²) in [4.78, 5) is 17.1. The standard InChI is InChI=1S/C23H22N4O5/c1-29-19-10-15(11-20(30-2)22(19)31-3)16-12-17(27-26-16)23(28)25-13-14-6-4-8-24-21(14)18-7-5-9-32-18/h4-12H,13H2,1-3H3,(H,25,28)(H,26,27). The molecular formula is C23H22N4O5. The molecule has 4 aromatic rings. The molecule has 0 spiro atoms. The summed E-state index contributed by atoms with van der Waals surface area (Å²) in [6.07, 6.45) is 3.27. The van der Waals surface area contributed by atoms with Crippen LogP contribution in [0, 0.1) is 0 Å². The first kappa shape index (κ1) is 21.0. The number of aromatic nitrogens is 3. The van der Waals surface area contributed by atoms with Gasteiger partial charge >= 0.3 is 0 Å². The molecule has 9 nitrogen and oxygen atoms in total. The van der Waals surface area contributed by atoms with E-state index in [2.05, 4.69) is 20.5 Å². The lowest BCUT2D eigenvalue weighted by molar-refractivity contribution is 0.0946. The number of pyridine rings is 1. The third kappa shape index (κ3) is 4.13. The average Bonchev–Trinajstić information content (AvgIpc) is 3.54. The fourth-order valence-electron chi connectivity index (χ4n) is 3.30. The SMILES string of the molecule is COc1cc(-c2cc(C(=O)NCc3cccnc3-c3ccco3)[nH]n2)cc(OC)c1OC. The molecule has 0 saturated heterocycles. The summed E-state index contributed by atoms with van der Waals surface area (Å²) in [6.45, 7) is 0.279. The summed E-state index contributed by atoms with van der Waals surface area (Å²) in [5.74, 6) is 1.82. The first-order valence-corrected chi connectivity index (χ1v) is 9.76. The number of carbonyl (C=O) groups is 1. The highest BCUT2D eigenvalue weighted by Crippen LogP contribution is 2.40. The van der Waals surface area contributed by atoms with Crippen molar-refractivity contribution in [3.05, 3.63) is 66.2 Å². The lowest BCUT2D eigenvalue weighted by Crippen LogP contribution is -2.23. The Hall–Kier alpha value is -4.27. The maximum atomic E-state index is 12.7. The van der Waals surface area contributed by atoms with Gasteiger partial charge in [-0.2, -0.15) is 5.10 Å². The zero-order chi connectivity index (χ0) is 22.5. The fourth-order valence-corrected chi connectivity index (χ4v) is 3.30. The molecule has 0 atom stereocenters. The van der Waals surface area contributed by atoms with Crippen molar-refractivity contribution in [2.75, 3.05) is 21.3 Å². The van der Waals surface area contributed by atoms with E-state index < -0.39 is 0 Å². The normalized spacial score (nSPS) is 10.6. The van der Waals surface area contributed by atoms with Gasteiger partial charge in [-0.25, -0.2) is 0 Å². The summed E-state index contributed by atoms with van der Waals surface area (Å²) in [5, 5.41) is 9.92. The highest BCUT2D eigenvalue weighted by Gasteiger charge is 2.17. The van der Waals surface area contributed by atoms with Crippen LogP contribution < -0.4 is 19.5 Å². The number of nitrogens with one attached hydrogen (secondary N) is 2. The molecule has 3 aromatic heterocycles. The number of hydrogen-bond donors (Lipinski definition) is 2. The smallest absolute Gasteiger partial charge is 0.269 e. The number of rotatable bonds is 8. The molecule has 0 aliphatic rings. The van der Waals surface area contributed by atoms with E-state index in [1.165, 1.54) is 7.11 Å². The Bertz CT molecular complexity index is 1190. The van der Waals surface area contributed by atoms with Crippen LogP contribution >= 0.6 is 0 Å². The van der Waals surface area contributed by atoms with Crippen LogP contribution in [0.1, 0.15) is 16.1 Å². The number of hydrogen-bond acceptors (Lipinski definition) is 7. The van der Waals surface area contributed by atoms with E-state index >= 15 is 0 Å². The summed E-state index contributed by atoms with van der Waals surface area (Å²) in [6, 6.07) is 12.5. The summed E-state index contributed by atoms with van der Waals surface area (Å²) in [5.41, 5.74) is 3.10. The molecular weight excluding hydrogens is 412 g/mol. The third-order valence-corrected chi connectivity index (χ3v) is 4.87. The third-order valence-electron chi connectivity index (χ3n) is 4.87. The van der Waals surface area contributed by atoms with Crippen molar-refractivity contribution in [2.45, 2.75) is 6.54 Å². The monoisotopic (exact) mass is 434 g/mol. The van der Waals surface area contributed by atoms with Crippen molar-refractivity contribution in [1.29, 1.82) is 0 Å². The Morgan fingerprint density at radius 3 is 2.50 bits per heavy atom. The molecule has 1 aromatic carbocycles. The second-order valence-corrected chi connectivity index (χ2v) is 6.75. The molecule has 4 rings (SSSR count). The number of methoxy groups -OCH3 is 3. The van der Waals surface area contributed by atoms with Gasteiger partial charge in [0, 0.05) is 23.9 Å². The maximum Gasteiger partial charge on any atom is 0.269 e. The van der Waals surface area contributed by atoms with E-state index in [4.69, 9.17) is 18.6 Å². The molecule has 2 N–H and O–H groups in total. The van der Waals surface area contributed by atoms with Gasteiger partial charge in [0.15, 0.2) is 17.3 Å². The molecule has 0 aliphatic heterocycles. The summed E-state index contributed by atoms with van der Waals surface area (Å²) in [7, 11) is 4.62. The van der Waals surface area contributed by atoms with Crippen molar-refractivity contribution in [3.63, 3.8) is 0 Å². The fraction of sp³-hybridized carbons (Fsp3) is 0.174. The van der Waals surface area contributed by atoms with Gasteiger partial charge in [0.2, 0.25) is 5.75 Å². The van der Waals surface area contributed by atoms with E-state index in [-0.39, 0.29) is 12.5 Å². The van der Waals surface area contributed by atoms with Crippen molar-refractivity contribution in [1.82, 2.24) is 20.5 Å². The molecule has 0 fully saturated rings. The van der Waals surface area contributed by atoms with Crippen LogP contribution in [0.4, 0.5) is 0 Å². The summed E-state index contributed by atoms with van der Waals surface area (Å²) < 4.78 is 21.6. The number of carbonyl (C=O) groups excluding carboxylic acids is 1. The Morgan fingerprint density at radius 2 is 1.84 bits per heavy atom. The van der Waals surface area contributed by atoms with Gasteiger partial charge in [0.1, 0.15) is 11.4 Å². The largest absolute Gasteiger partial charge is 0.493 e. The van der Waals surface area contributed by atoms with E-state index in [0.717, 1.165) is 5.56 Å². The van der Waals surface area contributed by atoms with Crippen LogP contribution in [0.3, 0.4) is 0 Å². The highest BCUT2D eigenvalue weighted by atomic mass is 16.5. The number of amides is 1. The molecule has 32 heavy (non-hydrogen) atoms. The number of benzene rings is 1. The average molecular weight is 434 g/mol. The van der Waals surface area contributed by atoms with E-state index in [0.29, 0.717) is 45.7 Å². The van der Waals surface area contributed by atoms with Gasteiger partial charge in [-0.05, 0) is 36.4 Å². The predicted molar refractivity (Wildman–Crippen MR) is 117 cm³/mol. The van der Waals surface area contributed by atoms with Crippen molar-refractivity contribution >= 4 is 5.91 Å². The second-order valence-electron chi connectivity index (χ2n) is 6.75. The highest BCUT2D eigenvalue weighted by molar-refractivity contribution is 5.93. The van der Waals surface area contributed by atoms with Crippen LogP contribution in [-0.4, -0.2) is 42.4 Å². The van der Waals surface area contributed by atoms with E-state index in [1.807, 2.05) is 18.2 Å². The van der Waals surface area contributed by atoms with Crippen molar-refractivity contribution in [2.24, 2.45) is 0 Å². The molecule has 0 saturated carbocycles. The van der Waals surface area contributed by atoms with Crippen LogP contribution in [0.25, 0.3) is 22.7 Å². The number of ether oxygens (including phenoxy) is 3. The zero-order valence-electron chi connectivity index (χ0n) is 17.8. The van der Waals surface area contributed by atoms with Crippen molar-refractivity contribution in [3.8, 4) is 40.0 Å². The lowest BCUT2D eigenvalue weighted by atomic mass is 10.1.